The predicted molar refractivity (Wildman–Crippen MR) is 129 cm³/mol. The molecular weight excluding hydrogens is 470 g/mol. The van der Waals surface area contributed by atoms with Gasteiger partial charge in [-0.2, -0.15) is 5.10 Å². The van der Waals surface area contributed by atoms with Crippen LogP contribution in [0.2, 0.25) is 0 Å². The molecule has 178 valence electrons. The van der Waals surface area contributed by atoms with Gasteiger partial charge in [0.05, 0.1) is 23.4 Å². The van der Waals surface area contributed by atoms with E-state index < -0.39 is 21.8 Å². The van der Waals surface area contributed by atoms with Gasteiger partial charge in [-0.05, 0) is 36.4 Å². The summed E-state index contributed by atoms with van der Waals surface area (Å²) in [6.07, 6.45) is 0. The standard InChI is InChI=1S/C24H21N5O5S/c1-34-22-13-6-5-12-19(22)29-35(32,33)18-11-7-10-17(14-18)23(30)27-28-24(31)21-15-20(25-26-21)16-8-3-2-4-9-16/h2-15,29H,1H3,(H,25,26)(H,27,30)(H,28,31). The van der Waals surface area contributed by atoms with Crippen LogP contribution < -0.4 is 20.3 Å². The molecule has 11 heteroatoms. The average molecular weight is 492 g/mol. The van der Waals surface area contributed by atoms with Crippen molar-refractivity contribution in [1.82, 2.24) is 21.0 Å². The molecule has 0 unspecified atom stereocenters. The third-order valence-corrected chi connectivity index (χ3v) is 6.30. The Balaban J connectivity index is 1.42. The zero-order valence-electron chi connectivity index (χ0n) is 18.5. The highest BCUT2D eigenvalue weighted by molar-refractivity contribution is 7.92. The van der Waals surface area contributed by atoms with Crippen molar-refractivity contribution in [2.24, 2.45) is 0 Å². The van der Waals surface area contributed by atoms with E-state index in [9.17, 15) is 18.0 Å². The fourth-order valence-electron chi connectivity index (χ4n) is 3.19. The zero-order valence-corrected chi connectivity index (χ0v) is 19.3. The molecule has 2 amide bonds. The first-order chi connectivity index (χ1) is 16.9. The minimum atomic E-state index is -4.01. The summed E-state index contributed by atoms with van der Waals surface area (Å²) in [7, 11) is -2.58. The van der Waals surface area contributed by atoms with Gasteiger partial charge in [0.2, 0.25) is 0 Å². The Morgan fingerprint density at radius 3 is 2.34 bits per heavy atom. The van der Waals surface area contributed by atoms with Crippen LogP contribution in [0, 0.1) is 0 Å². The number of anilines is 1. The van der Waals surface area contributed by atoms with Gasteiger partial charge in [0.25, 0.3) is 21.8 Å². The maximum Gasteiger partial charge on any atom is 0.287 e. The fourth-order valence-corrected chi connectivity index (χ4v) is 4.30. The Hall–Kier alpha value is -4.64. The summed E-state index contributed by atoms with van der Waals surface area (Å²) in [6.45, 7) is 0. The Bertz CT molecular complexity index is 1470. The second kappa shape index (κ2) is 10.1. The highest BCUT2D eigenvalue weighted by Gasteiger charge is 2.19. The number of benzene rings is 3. The molecule has 10 nitrogen and oxygen atoms in total. The largest absolute Gasteiger partial charge is 0.495 e. The number of aromatic nitrogens is 2. The first-order valence-corrected chi connectivity index (χ1v) is 11.8. The van der Waals surface area contributed by atoms with E-state index in [1.165, 1.54) is 31.4 Å². The number of carbonyl (C=O) groups excluding carboxylic acids is 2. The topological polar surface area (TPSA) is 142 Å². The lowest BCUT2D eigenvalue weighted by molar-refractivity contribution is 0.0844. The number of nitrogens with zero attached hydrogens (tertiary/aromatic N) is 1. The number of hydrazine groups is 1. The number of hydrogen-bond donors (Lipinski definition) is 4. The third-order valence-electron chi connectivity index (χ3n) is 4.94. The maximum atomic E-state index is 12.8. The molecule has 0 atom stereocenters. The second-order valence-corrected chi connectivity index (χ2v) is 8.96. The van der Waals surface area contributed by atoms with Crippen LogP contribution in [0.5, 0.6) is 5.75 Å². The van der Waals surface area contributed by atoms with Crippen molar-refractivity contribution in [3.63, 3.8) is 0 Å². The highest BCUT2D eigenvalue weighted by atomic mass is 32.2. The smallest absolute Gasteiger partial charge is 0.287 e. The molecule has 3 aromatic carbocycles. The van der Waals surface area contributed by atoms with E-state index in [-0.39, 0.29) is 21.8 Å². The summed E-state index contributed by atoms with van der Waals surface area (Å²) >= 11 is 0. The number of H-pyrrole nitrogens is 1. The molecule has 0 aliphatic carbocycles. The Morgan fingerprint density at radius 2 is 1.57 bits per heavy atom. The van der Waals surface area contributed by atoms with Crippen LogP contribution >= 0.6 is 0 Å². The lowest BCUT2D eigenvalue weighted by Crippen LogP contribution is -2.41. The molecule has 4 N–H and O–H groups in total. The molecule has 0 aliphatic rings. The van der Waals surface area contributed by atoms with E-state index in [4.69, 9.17) is 4.74 Å². The first-order valence-electron chi connectivity index (χ1n) is 10.3. The number of rotatable bonds is 7. The SMILES string of the molecule is COc1ccccc1NS(=O)(=O)c1cccc(C(=O)NNC(=O)c2cc(-c3ccccc3)n[nH]2)c1. The Kier molecular flexibility index (Phi) is 6.78. The monoisotopic (exact) mass is 491 g/mol. The minimum absolute atomic E-state index is 0.0304. The minimum Gasteiger partial charge on any atom is -0.495 e. The van der Waals surface area contributed by atoms with Crippen LogP contribution in [0.15, 0.2) is 89.8 Å². The molecule has 35 heavy (non-hydrogen) atoms. The number of hydrogen-bond acceptors (Lipinski definition) is 6. The van der Waals surface area contributed by atoms with Gasteiger partial charge in [-0.3, -0.25) is 30.3 Å². The van der Waals surface area contributed by atoms with Crippen LogP contribution in [0.25, 0.3) is 11.3 Å². The highest BCUT2D eigenvalue weighted by Crippen LogP contribution is 2.26. The number of carbonyl (C=O) groups is 2. The van der Waals surface area contributed by atoms with Crippen LogP contribution in [0.3, 0.4) is 0 Å². The average Bonchev–Trinajstić information content (AvgIpc) is 3.38. The second-order valence-electron chi connectivity index (χ2n) is 7.27. The van der Waals surface area contributed by atoms with Crippen molar-refractivity contribution in [2.75, 3.05) is 11.8 Å². The summed E-state index contributed by atoms with van der Waals surface area (Å²) in [5, 5.41) is 6.71. The summed E-state index contributed by atoms with van der Waals surface area (Å²) in [5.74, 6) is -0.966. The van der Waals surface area contributed by atoms with E-state index in [1.54, 1.807) is 30.3 Å². The van der Waals surface area contributed by atoms with E-state index in [0.717, 1.165) is 5.56 Å². The molecule has 0 saturated carbocycles. The van der Waals surface area contributed by atoms with Gasteiger partial charge in [0, 0.05) is 11.1 Å². The number of nitrogens with one attached hydrogen (secondary N) is 4. The van der Waals surface area contributed by atoms with Gasteiger partial charge in [-0.15, -0.1) is 0 Å². The van der Waals surface area contributed by atoms with E-state index in [2.05, 4.69) is 25.8 Å². The molecule has 0 fully saturated rings. The van der Waals surface area contributed by atoms with Crippen LogP contribution in [-0.4, -0.2) is 37.5 Å². The van der Waals surface area contributed by atoms with Gasteiger partial charge in [-0.25, -0.2) is 8.42 Å². The quantitative estimate of drug-likeness (QED) is 0.293. The number of methoxy groups -OCH3 is 1. The van der Waals surface area contributed by atoms with Crippen molar-refractivity contribution < 1.29 is 22.7 Å². The predicted octanol–water partition coefficient (Wildman–Crippen LogP) is 2.96. The first kappa shape index (κ1) is 23.5. The van der Waals surface area contributed by atoms with Gasteiger partial charge < -0.3 is 4.74 Å². The molecule has 0 bridgehead atoms. The number of sulfonamides is 1. The van der Waals surface area contributed by atoms with Gasteiger partial charge in [-0.1, -0.05) is 48.5 Å². The van der Waals surface area contributed by atoms with Gasteiger partial charge in [0.1, 0.15) is 11.4 Å². The fraction of sp³-hybridized carbons (Fsp3) is 0.0417. The number of para-hydroxylation sites is 2. The summed E-state index contributed by atoms with van der Waals surface area (Å²) in [5.41, 5.74) is 6.38. The molecule has 1 aromatic heterocycles. The molecule has 1 heterocycles. The van der Waals surface area contributed by atoms with E-state index in [1.807, 2.05) is 30.3 Å². The van der Waals surface area contributed by atoms with Crippen LogP contribution in [0.1, 0.15) is 20.8 Å². The van der Waals surface area contributed by atoms with Crippen molar-refractivity contribution in [3.05, 3.63) is 96.2 Å². The number of aromatic amines is 1. The third kappa shape index (κ3) is 5.47. The van der Waals surface area contributed by atoms with Crippen molar-refractivity contribution in [3.8, 4) is 17.0 Å². The van der Waals surface area contributed by atoms with Crippen LogP contribution in [-0.2, 0) is 10.0 Å². The summed E-state index contributed by atoms with van der Waals surface area (Å²) in [4.78, 5) is 24.8. The van der Waals surface area contributed by atoms with E-state index >= 15 is 0 Å². The Labute approximate surface area is 201 Å². The maximum absolute atomic E-state index is 12.8. The van der Waals surface area contributed by atoms with Gasteiger partial charge >= 0.3 is 0 Å². The number of ether oxygens (including phenoxy) is 1. The molecular formula is C24H21N5O5S. The molecule has 0 spiro atoms. The van der Waals surface area contributed by atoms with Gasteiger partial charge in [0.15, 0.2) is 0 Å². The lowest BCUT2D eigenvalue weighted by atomic mass is 10.1. The van der Waals surface area contributed by atoms with Crippen molar-refractivity contribution >= 4 is 27.5 Å². The van der Waals surface area contributed by atoms with E-state index in [0.29, 0.717) is 11.4 Å². The molecule has 4 rings (SSSR count). The van der Waals surface area contributed by atoms with Crippen LogP contribution in [0.4, 0.5) is 5.69 Å². The molecule has 0 radical (unpaired) electrons. The molecule has 0 aliphatic heterocycles. The molecule has 0 saturated heterocycles. The summed E-state index contributed by atoms with van der Waals surface area (Å²) in [6, 6.07) is 22.8. The Morgan fingerprint density at radius 1 is 0.857 bits per heavy atom. The van der Waals surface area contributed by atoms with Crippen molar-refractivity contribution in [1.29, 1.82) is 0 Å². The summed E-state index contributed by atoms with van der Waals surface area (Å²) < 4.78 is 33.3. The normalized spacial score (nSPS) is 10.9. The number of amides is 2. The zero-order chi connectivity index (χ0) is 24.8. The molecule has 4 aromatic rings. The van der Waals surface area contributed by atoms with Crippen molar-refractivity contribution in [2.45, 2.75) is 4.90 Å². The lowest BCUT2D eigenvalue weighted by Gasteiger charge is -2.12.